The normalized spacial score (nSPS) is 17.9. The number of nitrogens with two attached hydrogens (primary N) is 1. The fourth-order valence-corrected chi connectivity index (χ4v) is 2.30. The zero-order chi connectivity index (χ0) is 14.9. The lowest BCUT2D eigenvalue weighted by Gasteiger charge is -2.34. The minimum atomic E-state index is -2.65. The molecule has 110 valence electrons. The molecule has 0 bridgehead atoms. The quantitative estimate of drug-likeness (QED) is 0.833. The first-order chi connectivity index (χ1) is 9.34. The van der Waals surface area contributed by atoms with Crippen molar-refractivity contribution < 1.29 is 23.4 Å². The van der Waals surface area contributed by atoms with Gasteiger partial charge in [0.05, 0.1) is 18.4 Å². The van der Waals surface area contributed by atoms with Gasteiger partial charge in [0.25, 0.3) is 5.92 Å². The third kappa shape index (κ3) is 2.76. The number of hydrogen-bond acceptors (Lipinski definition) is 4. The van der Waals surface area contributed by atoms with E-state index in [0.717, 1.165) is 0 Å². The summed E-state index contributed by atoms with van der Waals surface area (Å²) in [6.07, 6.45) is -0.507. The fourth-order valence-electron chi connectivity index (χ4n) is 2.30. The molecule has 0 amide bonds. The molecule has 3 N–H and O–H groups in total. The first kappa shape index (κ1) is 14.4. The molecule has 0 spiro atoms. The lowest BCUT2D eigenvalue weighted by atomic mass is 10.0. The molecule has 20 heavy (non-hydrogen) atoms. The first-order valence-corrected chi connectivity index (χ1v) is 6.17. The molecule has 0 unspecified atom stereocenters. The Hall–Kier alpha value is -2.05. The van der Waals surface area contributed by atoms with Crippen LogP contribution >= 0.6 is 0 Å². The summed E-state index contributed by atoms with van der Waals surface area (Å²) in [4.78, 5) is 12.7. The SMILES string of the molecule is COc1cc(C(=O)O)cc(N)c1N1CCC(F)(F)CC1. The van der Waals surface area contributed by atoms with Crippen molar-refractivity contribution in [2.45, 2.75) is 18.8 Å². The molecule has 1 aromatic carbocycles. The number of nitrogens with zero attached hydrogens (tertiary/aromatic N) is 1. The maximum atomic E-state index is 13.2. The number of benzene rings is 1. The standard InChI is InChI=1S/C13H16F2N2O3/c1-20-10-7-8(12(18)19)6-9(16)11(10)17-4-2-13(14,15)3-5-17/h6-7H,2-5,16H2,1H3,(H,18,19). The van der Waals surface area contributed by atoms with Crippen molar-refractivity contribution in [3.63, 3.8) is 0 Å². The number of carboxylic acids is 1. The topological polar surface area (TPSA) is 75.8 Å². The van der Waals surface area contributed by atoms with Crippen molar-refractivity contribution in [2.75, 3.05) is 30.8 Å². The highest BCUT2D eigenvalue weighted by molar-refractivity contribution is 5.92. The summed E-state index contributed by atoms with van der Waals surface area (Å²) in [5, 5.41) is 8.98. The van der Waals surface area contributed by atoms with E-state index in [2.05, 4.69) is 0 Å². The van der Waals surface area contributed by atoms with Crippen LogP contribution in [-0.4, -0.2) is 37.2 Å². The van der Waals surface area contributed by atoms with E-state index in [9.17, 15) is 13.6 Å². The monoisotopic (exact) mass is 286 g/mol. The van der Waals surface area contributed by atoms with Gasteiger partial charge in [0, 0.05) is 25.9 Å². The van der Waals surface area contributed by atoms with Crippen LogP contribution in [0.1, 0.15) is 23.2 Å². The van der Waals surface area contributed by atoms with Crippen LogP contribution in [-0.2, 0) is 0 Å². The number of nitrogen functional groups attached to an aromatic ring is 1. The van der Waals surface area contributed by atoms with E-state index in [1.165, 1.54) is 19.2 Å². The summed E-state index contributed by atoms with van der Waals surface area (Å²) in [5.41, 5.74) is 6.56. The van der Waals surface area contributed by atoms with Crippen molar-refractivity contribution in [3.05, 3.63) is 17.7 Å². The average molecular weight is 286 g/mol. The Kier molecular flexibility index (Phi) is 3.69. The molecule has 0 saturated carbocycles. The van der Waals surface area contributed by atoms with Gasteiger partial charge in [0.15, 0.2) is 0 Å². The molecule has 1 fully saturated rings. The van der Waals surface area contributed by atoms with Crippen LogP contribution in [0.5, 0.6) is 5.75 Å². The second-order valence-electron chi connectivity index (χ2n) is 4.76. The highest BCUT2D eigenvalue weighted by Crippen LogP contribution is 2.39. The molecule has 0 aliphatic carbocycles. The molecule has 1 aliphatic rings. The van der Waals surface area contributed by atoms with Gasteiger partial charge in [-0.1, -0.05) is 0 Å². The summed E-state index contributed by atoms with van der Waals surface area (Å²) < 4.78 is 31.5. The van der Waals surface area contributed by atoms with Crippen LogP contribution in [0.3, 0.4) is 0 Å². The van der Waals surface area contributed by atoms with Crippen molar-refractivity contribution in [1.82, 2.24) is 0 Å². The number of ether oxygens (including phenoxy) is 1. The second kappa shape index (κ2) is 5.15. The molecule has 1 aromatic rings. The summed E-state index contributed by atoms with van der Waals surface area (Å²) in [6.45, 7) is 0.306. The predicted octanol–water partition coefficient (Wildman–Crippen LogP) is 2.21. The zero-order valence-electron chi connectivity index (χ0n) is 11.0. The molecule has 0 radical (unpaired) electrons. The van der Waals surface area contributed by atoms with Crippen molar-refractivity contribution in [3.8, 4) is 5.75 Å². The summed E-state index contributed by atoms with van der Waals surface area (Å²) in [6, 6.07) is 2.66. The van der Waals surface area contributed by atoms with Crippen LogP contribution in [0.15, 0.2) is 12.1 Å². The van der Waals surface area contributed by atoms with Gasteiger partial charge in [-0.05, 0) is 12.1 Å². The molecule has 2 rings (SSSR count). The number of piperidine rings is 1. The van der Waals surface area contributed by atoms with Gasteiger partial charge >= 0.3 is 5.97 Å². The fraction of sp³-hybridized carbons (Fsp3) is 0.462. The number of carboxylic acid groups (broad SMARTS) is 1. The smallest absolute Gasteiger partial charge is 0.335 e. The number of methoxy groups -OCH3 is 1. The summed E-state index contributed by atoms with van der Waals surface area (Å²) in [7, 11) is 1.39. The molecule has 0 aromatic heterocycles. The number of rotatable bonds is 3. The van der Waals surface area contributed by atoms with Crippen molar-refractivity contribution >= 4 is 17.3 Å². The minimum absolute atomic E-state index is 0.00504. The van der Waals surface area contributed by atoms with Crippen LogP contribution in [0.2, 0.25) is 0 Å². The van der Waals surface area contributed by atoms with E-state index in [-0.39, 0.29) is 42.9 Å². The second-order valence-corrected chi connectivity index (χ2v) is 4.76. The molecule has 0 atom stereocenters. The van der Waals surface area contributed by atoms with Gasteiger partial charge in [-0.15, -0.1) is 0 Å². The van der Waals surface area contributed by atoms with Crippen molar-refractivity contribution in [1.29, 1.82) is 0 Å². The van der Waals surface area contributed by atoms with Crippen LogP contribution in [0.25, 0.3) is 0 Å². The van der Waals surface area contributed by atoms with Crippen LogP contribution < -0.4 is 15.4 Å². The average Bonchev–Trinajstić information content (AvgIpc) is 2.38. The summed E-state index contributed by atoms with van der Waals surface area (Å²) >= 11 is 0. The molecule has 1 heterocycles. The number of hydrogen-bond donors (Lipinski definition) is 2. The molecular weight excluding hydrogens is 270 g/mol. The van der Waals surface area contributed by atoms with E-state index < -0.39 is 11.9 Å². The Morgan fingerprint density at radius 1 is 1.40 bits per heavy atom. The molecule has 7 heteroatoms. The van der Waals surface area contributed by atoms with E-state index in [4.69, 9.17) is 15.6 Å². The Labute approximate surface area is 114 Å². The van der Waals surface area contributed by atoms with Crippen LogP contribution in [0, 0.1) is 0 Å². The minimum Gasteiger partial charge on any atom is -0.494 e. The van der Waals surface area contributed by atoms with Gasteiger partial charge < -0.3 is 20.5 Å². The van der Waals surface area contributed by atoms with Gasteiger partial charge in [-0.2, -0.15) is 0 Å². The van der Waals surface area contributed by atoms with E-state index in [1.54, 1.807) is 4.90 Å². The lowest BCUT2D eigenvalue weighted by Crippen LogP contribution is -2.39. The first-order valence-electron chi connectivity index (χ1n) is 6.17. The number of halogens is 2. The van der Waals surface area contributed by atoms with E-state index >= 15 is 0 Å². The molecular formula is C13H16F2N2O3. The van der Waals surface area contributed by atoms with Crippen LogP contribution in [0.4, 0.5) is 20.2 Å². The largest absolute Gasteiger partial charge is 0.494 e. The van der Waals surface area contributed by atoms with Gasteiger partial charge in [-0.25, -0.2) is 13.6 Å². The Morgan fingerprint density at radius 3 is 2.50 bits per heavy atom. The van der Waals surface area contributed by atoms with E-state index in [1.807, 2.05) is 0 Å². The number of alkyl halides is 2. The molecule has 1 aliphatic heterocycles. The zero-order valence-corrected chi connectivity index (χ0v) is 11.0. The third-order valence-electron chi connectivity index (χ3n) is 3.38. The predicted molar refractivity (Wildman–Crippen MR) is 70.8 cm³/mol. The number of anilines is 2. The maximum Gasteiger partial charge on any atom is 0.335 e. The maximum absolute atomic E-state index is 13.2. The highest BCUT2D eigenvalue weighted by atomic mass is 19.3. The van der Waals surface area contributed by atoms with E-state index in [0.29, 0.717) is 5.69 Å². The molecule has 1 saturated heterocycles. The van der Waals surface area contributed by atoms with Gasteiger partial charge in [0.1, 0.15) is 11.4 Å². The number of carbonyl (C=O) groups is 1. The molecule has 5 nitrogen and oxygen atoms in total. The Balaban J connectivity index is 2.34. The van der Waals surface area contributed by atoms with Crippen molar-refractivity contribution in [2.24, 2.45) is 0 Å². The van der Waals surface area contributed by atoms with Gasteiger partial charge in [0.2, 0.25) is 0 Å². The Morgan fingerprint density at radius 2 is 2.00 bits per heavy atom. The number of aromatic carboxylic acids is 1. The third-order valence-corrected chi connectivity index (χ3v) is 3.38. The van der Waals surface area contributed by atoms with Gasteiger partial charge in [-0.3, -0.25) is 0 Å². The summed E-state index contributed by atoms with van der Waals surface area (Å²) in [5.74, 6) is -3.49. The lowest BCUT2D eigenvalue weighted by molar-refractivity contribution is -0.0221. The Bertz CT molecular complexity index is 525. The highest BCUT2D eigenvalue weighted by Gasteiger charge is 2.35.